The van der Waals surface area contributed by atoms with Gasteiger partial charge in [0.1, 0.15) is 13.2 Å². The Hall–Kier alpha value is -4.74. The molecule has 0 radical (unpaired) electrons. The summed E-state index contributed by atoms with van der Waals surface area (Å²) in [6.07, 6.45) is 8.05. The fraction of sp³-hybridized carbons (Fsp3) is 0.600. The number of nitrogens with zero attached hydrogens (tertiary/aromatic N) is 6. The molecule has 0 amide bonds. The molecular formula is C45H66N6O6. The molecule has 0 spiro atoms. The summed E-state index contributed by atoms with van der Waals surface area (Å²) in [5, 5.41) is 16.8. The molecule has 8 rings (SSSR count). The molecule has 4 aliphatic carbocycles. The van der Waals surface area contributed by atoms with Crippen LogP contribution in [-0.4, -0.2) is 44.1 Å². The van der Waals surface area contributed by atoms with Crippen molar-refractivity contribution in [2.75, 3.05) is 13.2 Å². The number of rotatable bonds is 9. The van der Waals surface area contributed by atoms with Gasteiger partial charge in [-0.3, -0.25) is 18.2 Å². The van der Waals surface area contributed by atoms with Crippen molar-refractivity contribution in [1.29, 1.82) is 0 Å². The first-order chi connectivity index (χ1) is 26.0. The molecule has 12 nitrogen and oxygen atoms in total. The maximum absolute atomic E-state index is 12.1. The number of aromatic nitrogens is 4. The van der Waals surface area contributed by atoms with E-state index in [0.717, 1.165) is 51.1 Å². The predicted molar refractivity (Wildman–Crippen MR) is 227 cm³/mol. The van der Waals surface area contributed by atoms with Crippen molar-refractivity contribution in [3.63, 3.8) is 0 Å². The molecule has 4 saturated carbocycles. The Morgan fingerprint density at radius 3 is 1.21 bits per heavy atom. The van der Waals surface area contributed by atoms with E-state index in [1.165, 1.54) is 81.0 Å². The van der Waals surface area contributed by atoms with Crippen LogP contribution < -0.4 is 11.5 Å². The minimum absolute atomic E-state index is 0. The van der Waals surface area contributed by atoms with Gasteiger partial charge in [0.25, 0.3) is 0 Å². The van der Waals surface area contributed by atoms with Gasteiger partial charge in [-0.25, -0.2) is 9.59 Å². The number of hydrogen-bond acceptors (Lipinski definition) is 10. The van der Waals surface area contributed by atoms with Gasteiger partial charge in [0.05, 0.1) is 0 Å². The van der Waals surface area contributed by atoms with Crippen molar-refractivity contribution < 1.29 is 18.7 Å². The van der Waals surface area contributed by atoms with Gasteiger partial charge in [-0.05, 0) is 188 Å². The van der Waals surface area contributed by atoms with Crippen molar-refractivity contribution in [2.24, 2.45) is 47.6 Å². The monoisotopic (exact) mass is 787 g/mol. The molecule has 4 aromatic rings. The summed E-state index contributed by atoms with van der Waals surface area (Å²) in [6.45, 7) is 23.9. The quantitative estimate of drug-likeness (QED) is 0.121. The van der Waals surface area contributed by atoms with Gasteiger partial charge in [0.15, 0.2) is 11.4 Å². The topological polar surface area (TPSA) is 139 Å². The molecule has 0 N–H and O–H groups in total. The summed E-state index contributed by atoms with van der Waals surface area (Å²) in [7, 11) is 3.27. The highest BCUT2D eigenvalue weighted by Crippen LogP contribution is 2.60. The van der Waals surface area contributed by atoms with Crippen molar-refractivity contribution in [1.82, 2.24) is 19.4 Å². The van der Waals surface area contributed by atoms with Crippen molar-refractivity contribution in [2.45, 2.75) is 130 Å². The number of benzene rings is 2. The zero-order valence-electron chi connectivity index (χ0n) is 35.0. The Kier molecular flexibility index (Phi) is 13.7. The smallest absolute Gasteiger partial charge is 0.396 e. The van der Waals surface area contributed by atoms with E-state index >= 15 is 0 Å². The Bertz CT molecular complexity index is 2210. The van der Waals surface area contributed by atoms with Gasteiger partial charge in [0.2, 0.25) is 11.6 Å². The van der Waals surface area contributed by atoms with Crippen molar-refractivity contribution >= 4 is 11.4 Å². The highest BCUT2D eigenvalue weighted by molar-refractivity contribution is 6.13. The SMILES string of the molecule is C.C.CCON=C(c1c(C)c(C)c(C)c(C)c1C)c1noc(=O)n1C.Cc1c(C)c(C)c(C(=NOCC23CC4CC(CC(C4)C2)C3)c2noc(=O)n2C)c(C)c1C. The van der Waals surface area contributed by atoms with Crippen LogP contribution in [-0.2, 0) is 23.8 Å². The molecular weight excluding hydrogens is 721 g/mol. The molecule has 0 aliphatic heterocycles. The molecule has 4 fully saturated rings. The first-order valence-corrected chi connectivity index (χ1v) is 19.6. The fourth-order valence-electron chi connectivity index (χ4n) is 9.92. The summed E-state index contributed by atoms with van der Waals surface area (Å²) in [4.78, 5) is 35.2. The summed E-state index contributed by atoms with van der Waals surface area (Å²) in [6, 6.07) is 0. The first kappa shape index (κ1) is 45.0. The summed E-state index contributed by atoms with van der Waals surface area (Å²) >= 11 is 0. The average Bonchev–Trinajstić information content (AvgIpc) is 3.66. The lowest BCUT2D eigenvalue weighted by Gasteiger charge is -2.56. The predicted octanol–water partition coefficient (Wildman–Crippen LogP) is 8.88. The third-order valence-electron chi connectivity index (χ3n) is 13.5. The zero-order chi connectivity index (χ0) is 40.1. The third-order valence-corrected chi connectivity index (χ3v) is 13.5. The Morgan fingerprint density at radius 2 is 0.912 bits per heavy atom. The van der Waals surface area contributed by atoms with E-state index in [0.29, 0.717) is 36.3 Å². The molecule has 2 aromatic heterocycles. The standard InChI is InChI=1S/C26H35N3O3.C17H23N3O3.2CH4/c1-14-15(2)17(4)22(18(5)16(14)3)23(24-28-32-25(30)29(24)6)27-31-13-26-10-19-7-20(11-26)9-21(8-19)12-26;1-8-22-18-15(16-19-23-17(21)20(16)7)14-12(5)10(3)9(2)11(4)13(14)6;;/h19-21H,7-13H2,1-6H3;8H2,1-7H3;2*1H4. The van der Waals surface area contributed by atoms with Gasteiger partial charge < -0.3 is 9.68 Å². The second-order valence-electron chi connectivity index (χ2n) is 16.7. The van der Waals surface area contributed by atoms with E-state index in [-0.39, 0.29) is 20.3 Å². The van der Waals surface area contributed by atoms with Gasteiger partial charge in [-0.1, -0.05) is 35.5 Å². The maximum Gasteiger partial charge on any atom is 0.441 e. The first-order valence-electron chi connectivity index (χ1n) is 19.6. The molecule has 4 aliphatic rings. The fourth-order valence-corrected chi connectivity index (χ4v) is 9.92. The highest BCUT2D eigenvalue weighted by Gasteiger charge is 2.51. The van der Waals surface area contributed by atoms with Crippen LogP contribution in [0.2, 0.25) is 0 Å². The van der Waals surface area contributed by atoms with Crippen molar-refractivity contribution in [3.05, 3.63) is 99.5 Å². The molecule has 57 heavy (non-hydrogen) atoms. The molecule has 2 aromatic carbocycles. The van der Waals surface area contributed by atoms with Crippen LogP contribution in [0.1, 0.15) is 139 Å². The van der Waals surface area contributed by atoms with Gasteiger partial charge in [0, 0.05) is 30.6 Å². The summed E-state index contributed by atoms with van der Waals surface area (Å²) in [5.74, 6) is 2.36. The van der Waals surface area contributed by atoms with E-state index in [1.54, 1.807) is 14.1 Å². The van der Waals surface area contributed by atoms with Crippen LogP contribution >= 0.6 is 0 Å². The summed E-state index contributed by atoms with van der Waals surface area (Å²) in [5.41, 5.74) is 15.1. The van der Waals surface area contributed by atoms with Gasteiger partial charge in [-0.15, -0.1) is 0 Å². The van der Waals surface area contributed by atoms with Crippen LogP contribution in [0.25, 0.3) is 0 Å². The van der Waals surface area contributed by atoms with Gasteiger partial charge >= 0.3 is 11.5 Å². The van der Waals surface area contributed by atoms with Crippen LogP contribution in [0.5, 0.6) is 0 Å². The maximum atomic E-state index is 12.1. The van der Waals surface area contributed by atoms with Gasteiger partial charge in [-0.2, -0.15) is 0 Å². The largest absolute Gasteiger partial charge is 0.441 e. The number of hydrogen-bond donors (Lipinski definition) is 0. The minimum atomic E-state index is -0.528. The Morgan fingerprint density at radius 1 is 0.596 bits per heavy atom. The summed E-state index contributed by atoms with van der Waals surface area (Å²) < 4.78 is 12.5. The third kappa shape index (κ3) is 8.19. The van der Waals surface area contributed by atoms with Crippen LogP contribution in [0, 0.1) is 92.4 Å². The van der Waals surface area contributed by atoms with E-state index in [9.17, 15) is 9.59 Å². The highest BCUT2D eigenvalue weighted by atomic mass is 16.6. The van der Waals surface area contributed by atoms with Crippen LogP contribution in [0.4, 0.5) is 0 Å². The Labute approximate surface area is 338 Å². The molecule has 0 saturated heterocycles. The second-order valence-corrected chi connectivity index (χ2v) is 16.7. The molecule has 4 bridgehead atoms. The normalized spacial score (nSPS) is 21.1. The van der Waals surface area contributed by atoms with E-state index < -0.39 is 11.5 Å². The van der Waals surface area contributed by atoms with E-state index in [1.807, 2.05) is 20.8 Å². The lowest BCUT2D eigenvalue weighted by atomic mass is 9.50. The van der Waals surface area contributed by atoms with E-state index in [4.69, 9.17) is 18.7 Å². The minimum Gasteiger partial charge on any atom is -0.396 e. The number of oxime groups is 2. The average molecular weight is 787 g/mol. The van der Waals surface area contributed by atoms with Crippen LogP contribution in [0.3, 0.4) is 0 Å². The second kappa shape index (κ2) is 17.4. The zero-order valence-corrected chi connectivity index (χ0v) is 35.0. The molecule has 312 valence electrons. The molecule has 12 heteroatoms. The molecule has 0 unspecified atom stereocenters. The lowest BCUT2D eigenvalue weighted by Crippen LogP contribution is -2.48. The van der Waals surface area contributed by atoms with E-state index in [2.05, 4.69) is 76.0 Å². The Balaban J connectivity index is 0.000000258. The lowest BCUT2D eigenvalue weighted by molar-refractivity contribution is -0.0958. The molecule has 2 heterocycles. The van der Waals surface area contributed by atoms with Crippen LogP contribution in [0.15, 0.2) is 28.9 Å². The van der Waals surface area contributed by atoms with Crippen molar-refractivity contribution in [3.8, 4) is 0 Å². The molecule has 0 atom stereocenters.